The summed E-state index contributed by atoms with van der Waals surface area (Å²) in [6, 6.07) is 9.36. The molecular formula is C12H14N2O2. The Kier molecular flexibility index (Phi) is 2.81. The molecule has 2 rings (SSSR count). The monoisotopic (exact) mass is 218 g/mol. The standard InChI is InChI=1S/C12H14N2O2/c1-8(2)15-10-5-3-4-9(6-10)11-7-12(13)16-14-11/h3-8H,13H2,1-2H3. The average molecular weight is 218 g/mol. The van der Waals surface area contributed by atoms with Crippen LogP contribution < -0.4 is 10.5 Å². The lowest BCUT2D eigenvalue weighted by atomic mass is 10.1. The molecule has 0 bridgehead atoms. The van der Waals surface area contributed by atoms with Gasteiger partial charge in [0, 0.05) is 11.6 Å². The van der Waals surface area contributed by atoms with E-state index < -0.39 is 0 Å². The van der Waals surface area contributed by atoms with Gasteiger partial charge in [-0.15, -0.1) is 0 Å². The molecule has 0 fully saturated rings. The van der Waals surface area contributed by atoms with Gasteiger partial charge in [-0.1, -0.05) is 17.3 Å². The topological polar surface area (TPSA) is 61.3 Å². The first-order valence-corrected chi connectivity index (χ1v) is 5.14. The second-order valence-corrected chi connectivity index (χ2v) is 3.81. The van der Waals surface area contributed by atoms with Crippen LogP contribution in [0.25, 0.3) is 11.3 Å². The fourth-order valence-electron chi connectivity index (χ4n) is 1.43. The second kappa shape index (κ2) is 4.26. The molecule has 0 atom stereocenters. The molecule has 0 saturated heterocycles. The van der Waals surface area contributed by atoms with Crippen molar-refractivity contribution in [3.8, 4) is 17.0 Å². The van der Waals surface area contributed by atoms with E-state index in [2.05, 4.69) is 5.16 Å². The summed E-state index contributed by atoms with van der Waals surface area (Å²) in [6.45, 7) is 3.97. The van der Waals surface area contributed by atoms with Crippen molar-refractivity contribution in [3.05, 3.63) is 30.3 Å². The van der Waals surface area contributed by atoms with Crippen molar-refractivity contribution in [2.75, 3.05) is 5.73 Å². The molecule has 4 heteroatoms. The Labute approximate surface area is 94.0 Å². The van der Waals surface area contributed by atoms with Gasteiger partial charge in [-0.05, 0) is 26.0 Å². The molecule has 1 aromatic carbocycles. The maximum atomic E-state index is 5.59. The number of anilines is 1. The molecule has 4 nitrogen and oxygen atoms in total. The van der Waals surface area contributed by atoms with Gasteiger partial charge in [-0.2, -0.15) is 0 Å². The number of nitrogens with zero attached hydrogens (tertiary/aromatic N) is 1. The van der Waals surface area contributed by atoms with Crippen molar-refractivity contribution in [1.82, 2.24) is 5.16 Å². The van der Waals surface area contributed by atoms with Crippen LogP contribution in [0.4, 0.5) is 5.88 Å². The predicted octanol–water partition coefficient (Wildman–Crippen LogP) is 2.71. The van der Waals surface area contributed by atoms with E-state index >= 15 is 0 Å². The van der Waals surface area contributed by atoms with Crippen LogP contribution in [0, 0.1) is 0 Å². The zero-order chi connectivity index (χ0) is 11.5. The Morgan fingerprint density at radius 1 is 1.31 bits per heavy atom. The van der Waals surface area contributed by atoms with E-state index in [9.17, 15) is 0 Å². The number of hydrogen-bond donors (Lipinski definition) is 1. The zero-order valence-electron chi connectivity index (χ0n) is 9.31. The van der Waals surface area contributed by atoms with Gasteiger partial charge in [0.25, 0.3) is 0 Å². The first kappa shape index (κ1) is 10.5. The Balaban J connectivity index is 2.28. The third-order valence-electron chi connectivity index (χ3n) is 2.03. The molecule has 0 aliphatic rings. The summed E-state index contributed by atoms with van der Waals surface area (Å²) < 4.78 is 10.4. The summed E-state index contributed by atoms with van der Waals surface area (Å²) in [4.78, 5) is 0. The van der Waals surface area contributed by atoms with Crippen molar-refractivity contribution >= 4 is 5.88 Å². The van der Waals surface area contributed by atoms with Crippen LogP contribution in [0.1, 0.15) is 13.8 Å². The summed E-state index contributed by atoms with van der Waals surface area (Å²) in [7, 11) is 0. The Morgan fingerprint density at radius 2 is 2.12 bits per heavy atom. The summed E-state index contributed by atoms with van der Waals surface area (Å²) in [5.74, 6) is 1.12. The number of hydrogen-bond acceptors (Lipinski definition) is 4. The molecule has 0 unspecified atom stereocenters. The minimum Gasteiger partial charge on any atom is -0.491 e. The smallest absolute Gasteiger partial charge is 0.222 e. The molecule has 84 valence electrons. The van der Waals surface area contributed by atoms with E-state index in [0.717, 1.165) is 11.3 Å². The highest BCUT2D eigenvalue weighted by molar-refractivity contribution is 5.62. The van der Waals surface area contributed by atoms with Crippen molar-refractivity contribution in [1.29, 1.82) is 0 Å². The third kappa shape index (κ3) is 2.34. The van der Waals surface area contributed by atoms with E-state index in [1.807, 2.05) is 38.1 Å². The Bertz CT molecular complexity index is 477. The molecule has 1 heterocycles. The van der Waals surface area contributed by atoms with Crippen LogP contribution >= 0.6 is 0 Å². The van der Waals surface area contributed by atoms with Gasteiger partial charge >= 0.3 is 0 Å². The SMILES string of the molecule is CC(C)Oc1cccc(-c2cc(N)on2)c1. The Hall–Kier alpha value is -1.97. The van der Waals surface area contributed by atoms with Crippen molar-refractivity contribution in [3.63, 3.8) is 0 Å². The van der Waals surface area contributed by atoms with Gasteiger partial charge in [0.1, 0.15) is 11.4 Å². The minimum absolute atomic E-state index is 0.151. The van der Waals surface area contributed by atoms with Crippen LogP contribution in [0.3, 0.4) is 0 Å². The fourth-order valence-corrected chi connectivity index (χ4v) is 1.43. The lowest BCUT2D eigenvalue weighted by Gasteiger charge is -2.09. The highest BCUT2D eigenvalue weighted by Crippen LogP contribution is 2.24. The van der Waals surface area contributed by atoms with Crippen LogP contribution in [0.5, 0.6) is 5.75 Å². The van der Waals surface area contributed by atoms with Gasteiger partial charge in [0.05, 0.1) is 6.10 Å². The quantitative estimate of drug-likeness (QED) is 0.860. The van der Waals surface area contributed by atoms with Gasteiger partial charge in [-0.3, -0.25) is 0 Å². The molecular weight excluding hydrogens is 204 g/mol. The minimum atomic E-state index is 0.151. The first-order chi connectivity index (χ1) is 7.65. The number of benzene rings is 1. The second-order valence-electron chi connectivity index (χ2n) is 3.81. The maximum Gasteiger partial charge on any atom is 0.222 e. The highest BCUT2D eigenvalue weighted by Gasteiger charge is 2.05. The summed E-state index contributed by atoms with van der Waals surface area (Å²) in [6.07, 6.45) is 0.151. The number of rotatable bonds is 3. The first-order valence-electron chi connectivity index (χ1n) is 5.14. The normalized spacial score (nSPS) is 10.7. The predicted molar refractivity (Wildman–Crippen MR) is 62.1 cm³/mol. The van der Waals surface area contributed by atoms with E-state index in [0.29, 0.717) is 11.6 Å². The van der Waals surface area contributed by atoms with Crippen LogP contribution in [0.2, 0.25) is 0 Å². The number of aromatic nitrogens is 1. The van der Waals surface area contributed by atoms with Gasteiger partial charge in [0.15, 0.2) is 0 Å². The van der Waals surface area contributed by atoms with E-state index in [1.165, 1.54) is 0 Å². The molecule has 1 aromatic heterocycles. The van der Waals surface area contributed by atoms with Crippen molar-refractivity contribution < 1.29 is 9.26 Å². The lowest BCUT2D eigenvalue weighted by Crippen LogP contribution is -2.05. The van der Waals surface area contributed by atoms with Crippen LogP contribution in [0.15, 0.2) is 34.9 Å². The number of nitrogens with two attached hydrogens (primary N) is 1. The van der Waals surface area contributed by atoms with Gasteiger partial charge < -0.3 is 15.0 Å². The lowest BCUT2D eigenvalue weighted by molar-refractivity contribution is 0.242. The van der Waals surface area contributed by atoms with Gasteiger partial charge in [0.2, 0.25) is 5.88 Å². The van der Waals surface area contributed by atoms with Crippen LogP contribution in [-0.4, -0.2) is 11.3 Å². The highest BCUT2D eigenvalue weighted by atomic mass is 16.5. The maximum absolute atomic E-state index is 5.59. The molecule has 0 aliphatic heterocycles. The number of nitrogen functional groups attached to an aromatic ring is 1. The molecule has 0 radical (unpaired) electrons. The fraction of sp³-hybridized carbons (Fsp3) is 0.250. The van der Waals surface area contributed by atoms with Crippen LogP contribution in [-0.2, 0) is 0 Å². The van der Waals surface area contributed by atoms with Gasteiger partial charge in [-0.25, -0.2) is 0 Å². The summed E-state index contributed by atoms with van der Waals surface area (Å²) in [5, 5.41) is 3.85. The average Bonchev–Trinajstić information content (AvgIpc) is 2.64. The molecule has 0 saturated carbocycles. The molecule has 16 heavy (non-hydrogen) atoms. The Morgan fingerprint density at radius 3 is 2.75 bits per heavy atom. The molecule has 0 aliphatic carbocycles. The van der Waals surface area contributed by atoms with E-state index in [1.54, 1.807) is 6.07 Å². The molecule has 2 N–H and O–H groups in total. The van der Waals surface area contributed by atoms with E-state index in [-0.39, 0.29) is 6.10 Å². The van der Waals surface area contributed by atoms with Crippen molar-refractivity contribution in [2.24, 2.45) is 0 Å². The molecule has 0 amide bonds. The summed E-state index contributed by atoms with van der Waals surface area (Å²) >= 11 is 0. The number of ether oxygens (including phenoxy) is 1. The third-order valence-corrected chi connectivity index (χ3v) is 2.03. The molecule has 2 aromatic rings. The largest absolute Gasteiger partial charge is 0.491 e. The van der Waals surface area contributed by atoms with Crippen molar-refractivity contribution in [2.45, 2.75) is 20.0 Å². The van der Waals surface area contributed by atoms with E-state index in [4.69, 9.17) is 15.0 Å². The zero-order valence-corrected chi connectivity index (χ0v) is 9.31. The summed E-state index contributed by atoms with van der Waals surface area (Å²) in [5.41, 5.74) is 7.12. The molecule has 0 spiro atoms.